The van der Waals surface area contributed by atoms with Crippen molar-refractivity contribution in [3.8, 4) is 5.75 Å². The van der Waals surface area contributed by atoms with Gasteiger partial charge in [0.2, 0.25) is 5.91 Å². The number of carbonyl (C=O) groups excluding carboxylic acids is 2. The van der Waals surface area contributed by atoms with Crippen molar-refractivity contribution in [1.82, 2.24) is 4.90 Å². The zero-order valence-corrected chi connectivity index (χ0v) is 17.6. The highest BCUT2D eigenvalue weighted by Gasteiger charge is 2.12. The molecule has 2 aromatic rings. The molecular formula is C23H30N4O3. The van der Waals surface area contributed by atoms with Crippen molar-refractivity contribution < 1.29 is 14.3 Å². The maximum Gasteiger partial charge on any atom is 0.343 e. The van der Waals surface area contributed by atoms with E-state index in [0.717, 1.165) is 31.5 Å². The molecule has 4 N–H and O–H groups in total. The van der Waals surface area contributed by atoms with E-state index in [1.807, 2.05) is 17.0 Å². The predicted molar refractivity (Wildman–Crippen MR) is 119 cm³/mol. The van der Waals surface area contributed by atoms with Crippen LogP contribution in [0.15, 0.2) is 48.5 Å². The number of anilines is 1. The number of nitrogens with two attached hydrogens (primary N) is 1. The number of benzene rings is 2. The molecule has 0 unspecified atom stereocenters. The molecule has 0 atom stereocenters. The minimum Gasteiger partial charge on any atom is -0.423 e. The molecular weight excluding hydrogens is 380 g/mol. The zero-order valence-electron chi connectivity index (χ0n) is 17.6. The van der Waals surface area contributed by atoms with Gasteiger partial charge in [0.25, 0.3) is 0 Å². The van der Waals surface area contributed by atoms with Crippen LogP contribution in [0.4, 0.5) is 5.69 Å². The third-order valence-corrected chi connectivity index (χ3v) is 4.50. The van der Waals surface area contributed by atoms with Crippen LogP contribution in [0.3, 0.4) is 0 Å². The van der Waals surface area contributed by atoms with Crippen LogP contribution in [0.5, 0.6) is 5.75 Å². The second kappa shape index (κ2) is 11.6. The fraction of sp³-hybridized carbons (Fsp3) is 0.348. The normalized spacial score (nSPS) is 10.3. The summed E-state index contributed by atoms with van der Waals surface area (Å²) in [7, 11) is 0. The Morgan fingerprint density at radius 2 is 1.60 bits per heavy atom. The van der Waals surface area contributed by atoms with Gasteiger partial charge in [0.1, 0.15) is 5.75 Å². The van der Waals surface area contributed by atoms with E-state index in [4.69, 9.17) is 15.9 Å². The minimum atomic E-state index is -0.470. The Morgan fingerprint density at radius 3 is 2.13 bits per heavy atom. The number of ether oxygens (including phenoxy) is 1. The van der Waals surface area contributed by atoms with E-state index >= 15 is 0 Å². The first kappa shape index (κ1) is 22.9. The van der Waals surface area contributed by atoms with E-state index < -0.39 is 5.97 Å². The Labute approximate surface area is 177 Å². The molecule has 0 aliphatic rings. The van der Waals surface area contributed by atoms with Gasteiger partial charge in [-0.05, 0) is 61.2 Å². The van der Waals surface area contributed by atoms with Crippen LogP contribution in [0.1, 0.15) is 49.0 Å². The van der Waals surface area contributed by atoms with Gasteiger partial charge < -0.3 is 20.7 Å². The highest BCUT2D eigenvalue weighted by atomic mass is 16.5. The maximum absolute atomic E-state index is 12.4. The highest BCUT2D eigenvalue weighted by molar-refractivity contribution is 5.93. The lowest BCUT2D eigenvalue weighted by atomic mass is 10.1. The Bertz CT molecular complexity index is 842. The number of esters is 1. The molecule has 7 heteroatoms. The summed E-state index contributed by atoms with van der Waals surface area (Å²) in [5.74, 6) is -0.0193. The summed E-state index contributed by atoms with van der Waals surface area (Å²) in [5.41, 5.74) is 7.31. The quantitative estimate of drug-likeness (QED) is 0.239. The van der Waals surface area contributed by atoms with Gasteiger partial charge in [0.05, 0.1) is 5.56 Å². The first-order valence-corrected chi connectivity index (χ1v) is 10.2. The molecule has 0 heterocycles. The molecule has 0 aliphatic carbocycles. The van der Waals surface area contributed by atoms with Crippen molar-refractivity contribution in [2.75, 3.05) is 18.4 Å². The van der Waals surface area contributed by atoms with E-state index in [1.165, 1.54) is 0 Å². The number of guanidine groups is 1. The SMILES string of the molecule is CCCN(CCC)C(=O)CCc1ccc(OC(=O)c2ccc(NC(=N)N)cc2)cc1. The van der Waals surface area contributed by atoms with Crippen LogP contribution >= 0.6 is 0 Å². The van der Waals surface area contributed by atoms with E-state index in [0.29, 0.717) is 29.8 Å². The summed E-state index contributed by atoms with van der Waals surface area (Å²) in [4.78, 5) is 26.6. The molecule has 0 fully saturated rings. The molecule has 0 aliphatic heterocycles. The highest BCUT2D eigenvalue weighted by Crippen LogP contribution is 2.17. The van der Waals surface area contributed by atoms with Gasteiger partial charge in [0, 0.05) is 25.2 Å². The fourth-order valence-electron chi connectivity index (χ4n) is 3.05. The molecule has 0 aromatic heterocycles. The lowest BCUT2D eigenvalue weighted by molar-refractivity contribution is -0.131. The van der Waals surface area contributed by atoms with Crippen LogP contribution in [-0.4, -0.2) is 35.8 Å². The maximum atomic E-state index is 12.4. The van der Waals surface area contributed by atoms with Gasteiger partial charge in [0.15, 0.2) is 5.96 Å². The summed E-state index contributed by atoms with van der Waals surface area (Å²) in [6.07, 6.45) is 3.05. The van der Waals surface area contributed by atoms with E-state index in [2.05, 4.69) is 19.2 Å². The fourth-order valence-corrected chi connectivity index (χ4v) is 3.05. The molecule has 2 aromatic carbocycles. The lowest BCUT2D eigenvalue weighted by Gasteiger charge is -2.21. The third kappa shape index (κ3) is 7.24. The predicted octanol–water partition coefficient (Wildman–Crippen LogP) is 3.79. The van der Waals surface area contributed by atoms with Crippen LogP contribution < -0.4 is 15.8 Å². The summed E-state index contributed by atoms with van der Waals surface area (Å²) in [6, 6.07) is 13.7. The average molecular weight is 411 g/mol. The van der Waals surface area contributed by atoms with Crippen molar-refractivity contribution in [3.05, 3.63) is 59.7 Å². The summed E-state index contributed by atoms with van der Waals surface area (Å²) >= 11 is 0. The number of nitrogens with zero attached hydrogens (tertiary/aromatic N) is 1. The number of hydrogen-bond donors (Lipinski definition) is 3. The first-order chi connectivity index (χ1) is 14.4. The zero-order chi connectivity index (χ0) is 21.9. The monoisotopic (exact) mass is 410 g/mol. The minimum absolute atomic E-state index is 0.171. The smallest absolute Gasteiger partial charge is 0.343 e. The number of carbonyl (C=O) groups is 2. The summed E-state index contributed by atoms with van der Waals surface area (Å²) in [5, 5.41) is 9.85. The van der Waals surface area contributed by atoms with Gasteiger partial charge in [-0.3, -0.25) is 10.2 Å². The van der Waals surface area contributed by atoms with Crippen LogP contribution in [-0.2, 0) is 11.2 Å². The van der Waals surface area contributed by atoms with Crippen LogP contribution in [0.25, 0.3) is 0 Å². The Balaban J connectivity index is 1.88. The molecule has 1 amide bonds. The second-order valence-corrected chi connectivity index (χ2v) is 7.03. The summed E-state index contributed by atoms with van der Waals surface area (Å²) in [6.45, 7) is 5.75. The van der Waals surface area contributed by atoms with Crippen LogP contribution in [0, 0.1) is 5.41 Å². The Morgan fingerprint density at radius 1 is 1.00 bits per heavy atom. The third-order valence-electron chi connectivity index (χ3n) is 4.50. The van der Waals surface area contributed by atoms with Crippen LogP contribution in [0.2, 0.25) is 0 Å². The number of rotatable bonds is 10. The van der Waals surface area contributed by atoms with E-state index in [1.54, 1.807) is 36.4 Å². The van der Waals surface area contributed by atoms with Crippen molar-refractivity contribution in [1.29, 1.82) is 5.41 Å². The Hall–Kier alpha value is -3.35. The molecule has 30 heavy (non-hydrogen) atoms. The molecule has 2 rings (SSSR count). The number of hydrogen-bond acceptors (Lipinski definition) is 4. The van der Waals surface area contributed by atoms with Gasteiger partial charge in [-0.25, -0.2) is 4.79 Å². The topological polar surface area (TPSA) is 109 Å². The number of amides is 1. The van der Waals surface area contributed by atoms with Crippen molar-refractivity contribution in [3.63, 3.8) is 0 Å². The first-order valence-electron chi connectivity index (χ1n) is 10.2. The molecule has 7 nitrogen and oxygen atoms in total. The molecule has 0 bridgehead atoms. The van der Waals surface area contributed by atoms with Crippen molar-refractivity contribution >= 4 is 23.5 Å². The van der Waals surface area contributed by atoms with Gasteiger partial charge >= 0.3 is 5.97 Å². The standard InChI is InChI=1S/C23H30N4O3/c1-3-15-27(16-4-2)21(28)14-7-17-5-12-20(13-6-17)30-22(29)18-8-10-19(11-9-18)26-23(24)25/h5-6,8-13H,3-4,7,14-16H2,1-2H3,(H4,24,25,26). The van der Waals surface area contributed by atoms with Gasteiger partial charge in [-0.15, -0.1) is 0 Å². The molecule has 0 spiro atoms. The van der Waals surface area contributed by atoms with Gasteiger partial charge in [-0.1, -0.05) is 26.0 Å². The summed E-state index contributed by atoms with van der Waals surface area (Å²) < 4.78 is 5.40. The van der Waals surface area contributed by atoms with E-state index in [9.17, 15) is 9.59 Å². The van der Waals surface area contributed by atoms with Crippen molar-refractivity contribution in [2.24, 2.45) is 5.73 Å². The number of aryl methyl sites for hydroxylation is 1. The molecule has 0 saturated carbocycles. The van der Waals surface area contributed by atoms with E-state index in [-0.39, 0.29) is 11.9 Å². The number of nitrogens with one attached hydrogen (secondary N) is 2. The largest absolute Gasteiger partial charge is 0.423 e. The molecule has 0 radical (unpaired) electrons. The Kier molecular flexibility index (Phi) is 8.87. The molecule has 160 valence electrons. The molecule has 0 saturated heterocycles. The van der Waals surface area contributed by atoms with Gasteiger partial charge in [-0.2, -0.15) is 0 Å². The van der Waals surface area contributed by atoms with Crippen molar-refractivity contribution in [2.45, 2.75) is 39.5 Å². The second-order valence-electron chi connectivity index (χ2n) is 7.03. The lowest BCUT2D eigenvalue weighted by Crippen LogP contribution is -2.32. The average Bonchev–Trinajstić information content (AvgIpc) is 2.73.